The lowest BCUT2D eigenvalue weighted by Gasteiger charge is -2.40. The summed E-state index contributed by atoms with van der Waals surface area (Å²) in [6.07, 6.45) is 0.844. The molecule has 10 heteroatoms. The van der Waals surface area contributed by atoms with Gasteiger partial charge in [0.25, 0.3) is 5.91 Å². The largest absolute Gasteiger partial charge is 0.493 e. The Bertz CT molecular complexity index is 1180. The van der Waals surface area contributed by atoms with E-state index in [2.05, 4.69) is 22.2 Å². The zero-order chi connectivity index (χ0) is 28.1. The molecule has 2 amide bonds. The first-order valence-electron chi connectivity index (χ1n) is 13.3. The number of methoxy groups -OCH3 is 4. The van der Waals surface area contributed by atoms with Crippen molar-refractivity contribution in [3.63, 3.8) is 0 Å². The highest BCUT2D eigenvalue weighted by Gasteiger charge is 2.43. The van der Waals surface area contributed by atoms with Crippen molar-refractivity contribution in [1.82, 2.24) is 20.0 Å². The van der Waals surface area contributed by atoms with E-state index in [1.54, 1.807) is 51.5 Å². The Hall–Kier alpha value is -3.50. The zero-order valence-electron chi connectivity index (χ0n) is 23.8. The fourth-order valence-electron chi connectivity index (χ4n) is 5.48. The summed E-state index contributed by atoms with van der Waals surface area (Å²) in [4.78, 5) is 33.9. The van der Waals surface area contributed by atoms with E-state index in [1.807, 2.05) is 12.1 Å². The first kappa shape index (κ1) is 28.5. The monoisotopic (exact) mass is 540 g/mol. The molecule has 2 aromatic rings. The number of piperazine rings is 1. The lowest BCUT2D eigenvalue weighted by atomic mass is 9.79. The number of amides is 2. The van der Waals surface area contributed by atoms with Gasteiger partial charge in [-0.25, -0.2) is 0 Å². The minimum absolute atomic E-state index is 0.152. The van der Waals surface area contributed by atoms with Crippen LogP contribution in [0.3, 0.4) is 0 Å². The molecule has 2 atom stereocenters. The van der Waals surface area contributed by atoms with E-state index >= 15 is 0 Å². The second-order valence-electron chi connectivity index (χ2n) is 10.0. The fourth-order valence-corrected chi connectivity index (χ4v) is 5.48. The number of carbonyl (C=O) groups excluding carboxylic acids is 2. The minimum Gasteiger partial charge on any atom is -0.493 e. The summed E-state index contributed by atoms with van der Waals surface area (Å²) in [7, 11) is 10.1. The van der Waals surface area contributed by atoms with Crippen molar-refractivity contribution in [3.8, 4) is 23.0 Å². The molecule has 0 bridgehead atoms. The number of likely N-dealkylation sites (N-methyl/N-ethyl adjacent to an activating group) is 2. The van der Waals surface area contributed by atoms with Crippen LogP contribution in [-0.2, 0) is 4.79 Å². The first-order chi connectivity index (χ1) is 18.8. The zero-order valence-corrected chi connectivity index (χ0v) is 23.8. The normalized spacial score (nSPS) is 19.8. The van der Waals surface area contributed by atoms with E-state index in [0.29, 0.717) is 40.7 Å². The van der Waals surface area contributed by atoms with Crippen LogP contribution in [0.25, 0.3) is 0 Å². The Morgan fingerprint density at radius 1 is 0.872 bits per heavy atom. The van der Waals surface area contributed by atoms with Crippen molar-refractivity contribution in [1.29, 1.82) is 0 Å². The summed E-state index contributed by atoms with van der Waals surface area (Å²) >= 11 is 0. The highest BCUT2D eigenvalue weighted by atomic mass is 16.5. The van der Waals surface area contributed by atoms with Crippen LogP contribution in [0.5, 0.6) is 23.0 Å². The number of benzene rings is 2. The Morgan fingerprint density at radius 3 is 2.13 bits per heavy atom. The van der Waals surface area contributed by atoms with E-state index in [0.717, 1.165) is 44.7 Å². The second kappa shape index (κ2) is 12.6. The fraction of sp³-hybridized carbons (Fsp3) is 0.517. The molecule has 0 radical (unpaired) electrons. The Morgan fingerprint density at radius 2 is 1.49 bits per heavy atom. The maximum atomic E-state index is 13.9. The van der Waals surface area contributed by atoms with Gasteiger partial charge in [0.2, 0.25) is 5.91 Å². The van der Waals surface area contributed by atoms with Crippen LogP contribution >= 0.6 is 0 Å². The van der Waals surface area contributed by atoms with Gasteiger partial charge in [-0.15, -0.1) is 0 Å². The second-order valence-corrected chi connectivity index (χ2v) is 10.0. The van der Waals surface area contributed by atoms with Crippen molar-refractivity contribution in [2.24, 2.45) is 0 Å². The smallest absolute Gasteiger partial charge is 0.254 e. The molecule has 39 heavy (non-hydrogen) atoms. The van der Waals surface area contributed by atoms with E-state index in [4.69, 9.17) is 18.9 Å². The van der Waals surface area contributed by atoms with Gasteiger partial charge in [0.1, 0.15) is 0 Å². The molecule has 1 N–H and O–H groups in total. The minimum atomic E-state index is -0.677. The van der Waals surface area contributed by atoms with Gasteiger partial charge >= 0.3 is 0 Å². The molecule has 0 unspecified atom stereocenters. The summed E-state index contributed by atoms with van der Waals surface area (Å²) in [5.41, 5.74) is 1.79. The molecule has 0 aromatic heterocycles. The summed E-state index contributed by atoms with van der Waals surface area (Å²) < 4.78 is 21.9. The maximum absolute atomic E-state index is 13.9. The van der Waals surface area contributed by atoms with Crippen LogP contribution in [0.2, 0.25) is 0 Å². The summed E-state index contributed by atoms with van der Waals surface area (Å²) in [5, 5.41) is 3.15. The van der Waals surface area contributed by atoms with Gasteiger partial charge in [0, 0.05) is 45.3 Å². The number of carbonyl (C=O) groups is 2. The number of nitrogens with zero attached hydrogens (tertiary/aromatic N) is 3. The van der Waals surface area contributed by atoms with Crippen molar-refractivity contribution < 1.29 is 28.5 Å². The summed E-state index contributed by atoms with van der Waals surface area (Å²) in [5.74, 6) is 0.972. The van der Waals surface area contributed by atoms with Crippen molar-refractivity contribution in [2.75, 3.05) is 81.8 Å². The van der Waals surface area contributed by atoms with E-state index < -0.39 is 12.0 Å². The molecule has 2 aliphatic heterocycles. The number of ether oxygens (including phenoxy) is 4. The quantitative estimate of drug-likeness (QED) is 0.460. The predicted octanol–water partition coefficient (Wildman–Crippen LogP) is 2.39. The third-order valence-electron chi connectivity index (χ3n) is 7.75. The number of fused-ring (bicyclic) bond motifs is 1. The van der Waals surface area contributed by atoms with Crippen LogP contribution in [0.1, 0.15) is 39.9 Å². The maximum Gasteiger partial charge on any atom is 0.254 e. The van der Waals surface area contributed by atoms with Gasteiger partial charge < -0.3 is 39.0 Å². The number of nitrogens with one attached hydrogen (secondary N) is 1. The number of hydrogen-bond acceptors (Lipinski definition) is 8. The Labute approximate surface area is 230 Å². The molecule has 0 saturated carbocycles. The van der Waals surface area contributed by atoms with Crippen LogP contribution in [0.15, 0.2) is 30.3 Å². The number of hydrogen-bond donors (Lipinski definition) is 1. The van der Waals surface area contributed by atoms with Gasteiger partial charge in [-0.1, -0.05) is 6.07 Å². The van der Waals surface area contributed by atoms with Gasteiger partial charge in [0.15, 0.2) is 23.0 Å². The van der Waals surface area contributed by atoms with Crippen molar-refractivity contribution in [2.45, 2.75) is 18.4 Å². The van der Waals surface area contributed by atoms with Crippen molar-refractivity contribution >= 4 is 11.8 Å². The molecule has 2 heterocycles. The average molecular weight is 541 g/mol. The SMILES string of the molecule is COc1ccc([C@@H]2[C@H](C(=O)NCCCN3CCN(C)CC3)c3cc(OC)c(OC)cc3C(=O)N2C)cc1OC. The summed E-state index contributed by atoms with van der Waals surface area (Å²) in [6.45, 7) is 5.67. The lowest BCUT2D eigenvalue weighted by molar-refractivity contribution is -0.124. The molecule has 4 rings (SSSR count). The molecular formula is C29H40N4O6. The van der Waals surface area contributed by atoms with Gasteiger partial charge in [-0.2, -0.15) is 0 Å². The van der Waals surface area contributed by atoms with Gasteiger partial charge in [0.05, 0.1) is 40.4 Å². The lowest BCUT2D eigenvalue weighted by Crippen LogP contribution is -2.47. The molecule has 2 aromatic carbocycles. The molecule has 2 aliphatic rings. The van der Waals surface area contributed by atoms with Crippen LogP contribution < -0.4 is 24.3 Å². The summed E-state index contributed by atoms with van der Waals surface area (Å²) in [6, 6.07) is 8.33. The molecule has 0 spiro atoms. The highest BCUT2D eigenvalue weighted by Crippen LogP contribution is 2.46. The third-order valence-corrected chi connectivity index (χ3v) is 7.75. The van der Waals surface area contributed by atoms with Gasteiger partial charge in [-0.05, 0) is 55.4 Å². The molecule has 212 valence electrons. The van der Waals surface area contributed by atoms with E-state index in [1.165, 1.54) is 7.11 Å². The molecular weight excluding hydrogens is 500 g/mol. The molecule has 0 aliphatic carbocycles. The van der Waals surface area contributed by atoms with Crippen LogP contribution in [0.4, 0.5) is 0 Å². The van der Waals surface area contributed by atoms with Crippen molar-refractivity contribution in [3.05, 3.63) is 47.0 Å². The molecule has 10 nitrogen and oxygen atoms in total. The average Bonchev–Trinajstić information content (AvgIpc) is 2.96. The standard InChI is InChI=1S/C29H40N4O6/c1-31-12-14-33(15-13-31)11-7-10-30-28(34)26-20-17-24(38-5)25(39-6)18-21(20)29(35)32(2)27(26)19-8-9-22(36-3)23(16-19)37-4/h8-9,16-18,26-27H,7,10-15H2,1-6H3,(H,30,34)/t26-,27-/m1/s1. The Balaban J connectivity index is 1.66. The van der Waals surface area contributed by atoms with Crippen LogP contribution in [0, 0.1) is 0 Å². The third kappa shape index (κ3) is 5.91. The number of rotatable bonds is 10. The van der Waals surface area contributed by atoms with E-state index in [9.17, 15) is 9.59 Å². The van der Waals surface area contributed by atoms with Gasteiger partial charge in [-0.3, -0.25) is 9.59 Å². The topological polar surface area (TPSA) is 92.8 Å². The predicted molar refractivity (Wildman–Crippen MR) is 148 cm³/mol. The first-order valence-corrected chi connectivity index (χ1v) is 13.3. The molecule has 1 saturated heterocycles. The highest BCUT2D eigenvalue weighted by molar-refractivity contribution is 6.02. The van der Waals surface area contributed by atoms with E-state index in [-0.39, 0.29) is 11.8 Å². The molecule has 1 fully saturated rings. The van der Waals surface area contributed by atoms with Crippen LogP contribution in [-0.4, -0.2) is 108 Å². The Kier molecular flexibility index (Phi) is 9.19.